The molecule has 0 bridgehead atoms. The minimum absolute atomic E-state index is 0.146. The molecule has 2 atom stereocenters. The van der Waals surface area contributed by atoms with Crippen LogP contribution in [0.4, 0.5) is 0 Å². The van der Waals surface area contributed by atoms with Gasteiger partial charge in [0.05, 0.1) is 5.41 Å². The van der Waals surface area contributed by atoms with Gasteiger partial charge in [0.2, 0.25) is 0 Å². The van der Waals surface area contributed by atoms with E-state index in [4.69, 9.17) is 16.3 Å². The van der Waals surface area contributed by atoms with Gasteiger partial charge >= 0.3 is 5.97 Å². The number of carbonyl (C=O) groups is 2. The molecule has 0 spiro atoms. The number of carboxylic acids is 1. The van der Waals surface area contributed by atoms with E-state index in [-0.39, 0.29) is 12.5 Å². The summed E-state index contributed by atoms with van der Waals surface area (Å²) in [6.07, 6.45) is 0.379. The van der Waals surface area contributed by atoms with Gasteiger partial charge in [0.15, 0.2) is 6.10 Å². The molecule has 0 radical (unpaired) electrons. The molecule has 2 aliphatic rings. The summed E-state index contributed by atoms with van der Waals surface area (Å²) >= 11 is 5.93. The molecule has 1 fully saturated rings. The van der Waals surface area contributed by atoms with E-state index in [2.05, 4.69) is 0 Å². The zero-order chi connectivity index (χ0) is 15.2. The topological polar surface area (TPSA) is 66.8 Å². The third-order valence-electron chi connectivity index (χ3n) is 4.27. The van der Waals surface area contributed by atoms with E-state index < -0.39 is 17.5 Å². The van der Waals surface area contributed by atoms with E-state index in [1.165, 1.54) is 0 Å². The fourth-order valence-electron chi connectivity index (χ4n) is 2.88. The highest BCUT2D eigenvalue weighted by Gasteiger charge is 2.44. The molecule has 1 aromatic rings. The van der Waals surface area contributed by atoms with Crippen LogP contribution in [0, 0.1) is 5.41 Å². The lowest BCUT2D eigenvalue weighted by Crippen LogP contribution is -2.42. The summed E-state index contributed by atoms with van der Waals surface area (Å²) in [5, 5.41) is 9.84. The molecule has 1 aromatic carbocycles. The second-order valence-corrected chi connectivity index (χ2v) is 6.37. The van der Waals surface area contributed by atoms with Crippen molar-refractivity contribution in [1.29, 1.82) is 0 Å². The van der Waals surface area contributed by atoms with Crippen LogP contribution in [0.3, 0.4) is 0 Å². The summed E-state index contributed by atoms with van der Waals surface area (Å²) in [5.41, 5.74) is 0.0609. The lowest BCUT2D eigenvalue weighted by Gasteiger charge is -2.22. The summed E-state index contributed by atoms with van der Waals surface area (Å²) in [5.74, 6) is -0.328. The zero-order valence-corrected chi connectivity index (χ0v) is 12.4. The highest BCUT2D eigenvalue weighted by atomic mass is 35.5. The molecule has 2 heterocycles. The third-order valence-corrected chi connectivity index (χ3v) is 4.51. The molecule has 0 aromatic heterocycles. The molecule has 1 N–H and O–H groups in total. The fraction of sp³-hybridized carbons (Fsp3) is 0.467. The summed E-state index contributed by atoms with van der Waals surface area (Å²) in [7, 11) is 0. The second-order valence-electron chi connectivity index (χ2n) is 5.94. The average Bonchev–Trinajstić information content (AvgIpc) is 3.02. The lowest BCUT2D eigenvalue weighted by atomic mass is 9.90. The summed E-state index contributed by atoms with van der Waals surface area (Å²) < 4.78 is 5.67. The maximum atomic E-state index is 12.5. The Labute approximate surface area is 127 Å². The summed E-state index contributed by atoms with van der Waals surface area (Å²) in [6, 6.07) is 5.29. The van der Waals surface area contributed by atoms with Gasteiger partial charge in [-0.2, -0.15) is 0 Å². The van der Waals surface area contributed by atoms with Gasteiger partial charge in [0.25, 0.3) is 5.91 Å². The number of rotatable bonds is 2. The molecule has 3 rings (SSSR count). The lowest BCUT2D eigenvalue weighted by molar-refractivity contribution is -0.147. The quantitative estimate of drug-likeness (QED) is 0.907. The number of carboxylic acid groups (broad SMARTS) is 1. The average molecular weight is 310 g/mol. The van der Waals surface area contributed by atoms with Gasteiger partial charge in [-0.15, -0.1) is 0 Å². The maximum Gasteiger partial charge on any atom is 0.311 e. The van der Waals surface area contributed by atoms with Crippen LogP contribution in [0.1, 0.15) is 18.9 Å². The number of hydrogen-bond acceptors (Lipinski definition) is 3. The van der Waals surface area contributed by atoms with E-state index in [1.807, 2.05) is 0 Å². The number of nitrogens with zero attached hydrogens (tertiary/aromatic N) is 1. The number of likely N-dealkylation sites (tertiary alicyclic amines) is 1. The van der Waals surface area contributed by atoms with Crippen LogP contribution >= 0.6 is 11.6 Å². The zero-order valence-electron chi connectivity index (χ0n) is 11.6. The molecule has 1 amide bonds. The number of carbonyl (C=O) groups excluding carboxylic acids is 1. The van der Waals surface area contributed by atoms with Gasteiger partial charge < -0.3 is 14.7 Å². The van der Waals surface area contributed by atoms with Crippen molar-refractivity contribution < 1.29 is 19.4 Å². The van der Waals surface area contributed by atoms with Crippen LogP contribution in [-0.2, 0) is 16.0 Å². The Kier molecular flexibility index (Phi) is 3.32. The minimum atomic E-state index is -0.861. The van der Waals surface area contributed by atoms with Crippen LogP contribution in [0.25, 0.3) is 0 Å². The molecule has 112 valence electrons. The van der Waals surface area contributed by atoms with Crippen LogP contribution in [-0.4, -0.2) is 41.1 Å². The summed E-state index contributed by atoms with van der Waals surface area (Å²) in [6.45, 7) is 2.36. The Bertz CT molecular complexity index is 618. The SMILES string of the molecule is CC1(C(=O)O)CCN(C(=O)C2Cc3cc(Cl)ccc3O2)C1. The van der Waals surface area contributed by atoms with Crippen LogP contribution in [0.5, 0.6) is 5.75 Å². The monoisotopic (exact) mass is 309 g/mol. The van der Waals surface area contributed by atoms with Crippen molar-refractivity contribution in [2.24, 2.45) is 5.41 Å². The molecule has 1 saturated heterocycles. The number of hydrogen-bond donors (Lipinski definition) is 1. The van der Waals surface area contributed by atoms with Gasteiger partial charge in [-0.3, -0.25) is 9.59 Å². The first-order valence-electron chi connectivity index (χ1n) is 6.86. The highest BCUT2D eigenvalue weighted by molar-refractivity contribution is 6.30. The number of aliphatic carboxylic acids is 1. The highest BCUT2D eigenvalue weighted by Crippen LogP contribution is 2.34. The molecule has 2 unspecified atom stereocenters. The second kappa shape index (κ2) is 4.91. The first-order valence-corrected chi connectivity index (χ1v) is 7.24. The van der Waals surface area contributed by atoms with Crippen molar-refractivity contribution >= 4 is 23.5 Å². The van der Waals surface area contributed by atoms with E-state index in [9.17, 15) is 14.7 Å². The standard InChI is InChI=1S/C15H16ClNO4/c1-15(14(19)20)4-5-17(8-15)13(18)12-7-9-6-10(16)2-3-11(9)21-12/h2-3,6,12H,4-5,7-8H2,1H3,(H,19,20). The van der Waals surface area contributed by atoms with Crippen molar-refractivity contribution in [1.82, 2.24) is 4.90 Å². The Hall–Kier alpha value is -1.75. The summed E-state index contributed by atoms with van der Waals surface area (Å²) in [4.78, 5) is 25.3. The number of halogens is 1. The number of fused-ring (bicyclic) bond motifs is 1. The van der Waals surface area contributed by atoms with Crippen LogP contribution < -0.4 is 4.74 Å². The molecule has 5 nitrogen and oxygen atoms in total. The van der Waals surface area contributed by atoms with E-state index in [1.54, 1.807) is 30.0 Å². The first-order chi connectivity index (χ1) is 9.89. The van der Waals surface area contributed by atoms with Crippen molar-refractivity contribution in [3.63, 3.8) is 0 Å². The minimum Gasteiger partial charge on any atom is -0.481 e. The molecule has 2 aliphatic heterocycles. The predicted octanol–water partition coefficient (Wildman–Crippen LogP) is 1.97. The number of amides is 1. The smallest absolute Gasteiger partial charge is 0.311 e. The number of ether oxygens (including phenoxy) is 1. The molecule has 0 aliphatic carbocycles. The molecule has 0 saturated carbocycles. The molecular weight excluding hydrogens is 294 g/mol. The third kappa shape index (κ3) is 2.46. The van der Waals surface area contributed by atoms with Crippen molar-refractivity contribution in [3.8, 4) is 5.75 Å². The van der Waals surface area contributed by atoms with Gasteiger partial charge in [-0.05, 0) is 37.1 Å². The van der Waals surface area contributed by atoms with Crippen molar-refractivity contribution in [2.75, 3.05) is 13.1 Å². The van der Waals surface area contributed by atoms with Crippen LogP contribution in [0.2, 0.25) is 5.02 Å². The van der Waals surface area contributed by atoms with Gasteiger partial charge in [0, 0.05) is 24.5 Å². The Morgan fingerprint density at radius 1 is 1.48 bits per heavy atom. The van der Waals surface area contributed by atoms with Crippen LogP contribution in [0.15, 0.2) is 18.2 Å². The van der Waals surface area contributed by atoms with Gasteiger partial charge in [0.1, 0.15) is 5.75 Å². The van der Waals surface area contributed by atoms with E-state index >= 15 is 0 Å². The van der Waals surface area contributed by atoms with Gasteiger partial charge in [-0.1, -0.05) is 11.6 Å². The Morgan fingerprint density at radius 3 is 2.90 bits per heavy atom. The normalized spacial score (nSPS) is 27.3. The Morgan fingerprint density at radius 2 is 2.24 bits per heavy atom. The first kappa shape index (κ1) is 14.2. The largest absolute Gasteiger partial charge is 0.481 e. The predicted molar refractivity (Wildman–Crippen MR) is 76.5 cm³/mol. The van der Waals surface area contributed by atoms with Crippen molar-refractivity contribution in [3.05, 3.63) is 28.8 Å². The molecule has 6 heteroatoms. The molecular formula is C15H16ClNO4. The van der Waals surface area contributed by atoms with Crippen molar-refractivity contribution in [2.45, 2.75) is 25.9 Å². The maximum absolute atomic E-state index is 12.5. The Balaban J connectivity index is 1.70. The van der Waals surface area contributed by atoms with E-state index in [0.29, 0.717) is 30.2 Å². The number of benzene rings is 1. The molecule has 21 heavy (non-hydrogen) atoms. The fourth-order valence-corrected chi connectivity index (χ4v) is 3.08. The van der Waals surface area contributed by atoms with Gasteiger partial charge in [-0.25, -0.2) is 0 Å². The van der Waals surface area contributed by atoms with E-state index in [0.717, 1.165) is 5.56 Å².